The van der Waals surface area contributed by atoms with E-state index in [0.29, 0.717) is 34.8 Å². The van der Waals surface area contributed by atoms with Crippen molar-refractivity contribution in [2.75, 3.05) is 50.1 Å². The molecule has 35 heavy (non-hydrogen) atoms. The minimum atomic E-state index is -1.10. The molecule has 1 amide bonds. The summed E-state index contributed by atoms with van der Waals surface area (Å²) in [5.41, 5.74) is 2.35. The molecular weight excluding hydrogens is 449 g/mol. The molecule has 9 heteroatoms. The molecule has 0 bridgehead atoms. The van der Waals surface area contributed by atoms with Crippen LogP contribution in [0.2, 0.25) is 0 Å². The highest BCUT2D eigenvalue weighted by Crippen LogP contribution is 2.34. The maximum absolute atomic E-state index is 13.5. The molecule has 1 aromatic heterocycles. The Morgan fingerprint density at radius 3 is 2.86 bits per heavy atom. The number of terminal acetylenes is 1. The molecule has 2 N–H and O–H groups in total. The lowest BCUT2D eigenvalue weighted by Gasteiger charge is -2.26. The molecule has 0 aliphatic carbocycles. The highest BCUT2D eigenvalue weighted by molar-refractivity contribution is 6.05. The summed E-state index contributed by atoms with van der Waals surface area (Å²) in [5, 5.41) is 6.36. The summed E-state index contributed by atoms with van der Waals surface area (Å²) in [6.45, 7) is 7.61. The third-order valence-electron chi connectivity index (χ3n) is 5.50. The van der Waals surface area contributed by atoms with Gasteiger partial charge in [-0.05, 0) is 30.7 Å². The van der Waals surface area contributed by atoms with Crippen molar-refractivity contribution in [1.29, 1.82) is 0 Å². The van der Waals surface area contributed by atoms with Crippen LogP contribution in [-0.2, 0) is 9.53 Å². The van der Waals surface area contributed by atoms with Crippen LogP contribution in [0.5, 0.6) is 5.75 Å². The quantitative estimate of drug-likeness (QED) is 0.276. The van der Waals surface area contributed by atoms with Crippen molar-refractivity contribution in [2.45, 2.75) is 6.42 Å². The first kappa shape index (κ1) is 24.1. The predicted molar refractivity (Wildman–Crippen MR) is 133 cm³/mol. The maximum Gasteiger partial charge on any atom is 0.283 e. The minimum Gasteiger partial charge on any atom is -0.491 e. The minimum absolute atomic E-state index is 0.294. The molecule has 2 heterocycles. The van der Waals surface area contributed by atoms with E-state index in [4.69, 9.17) is 15.9 Å². The number of benzene rings is 2. The van der Waals surface area contributed by atoms with Crippen LogP contribution in [0.4, 0.5) is 21.6 Å². The van der Waals surface area contributed by atoms with Crippen LogP contribution in [-0.4, -0.2) is 60.2 Å². The number of anilines is 3. The Morgan fingerprint density at radius 2 is 2.09 bits per heavy atom. The molecule has 8 nitrogen and oxygen atoms in total. The first-order valence-electron chi connectivity index (χ1n) is 11.2. The third-order valence-corrected chi connectivity index (χ3v) is 5.50. The Morgan fingerprint density at radius 1 is 1.26 bits per heavy atom. The second kappa shape index (κ2) is 11.4. The number of morpholine rings is 1. The number of amides is 1. The van der Waals surface area contributed by atoms with E-state index in [2.05, 4.69) is 38.0 Å². The van der Waals surface area contributed by atoms with E-state index in [-0.39, 0.29) is 0 Å². The number of carbonyl (C=O) groups excluding carboxylic acids is 1. The molecular formula is C26H26FN5O3. The van der Waals surface area contributed by atoms with Crippen LogP contribution in [0.15, 0.2) is 55.1 Å². The van der Waals surface area contributed by atoms with Crippen molar-refractivity contribution >= 4 is 34.0 Å². The predicted octanol–water partition coefficient (Wildman–Crippen LogP) is 3.88. The highest BCUT2D eigenvalue weighted by atomic mass is 19.1. The zero-order valence-electron chi connectivity index (χ0n) is 19.2. The average Bonchev–Trinajstić information content (AvgIpc) is 2.87. The molecule has 4 rings (SSSR count). The van der Waals surface area contributed by atoms with Crippen LogP contribution in [0, 0.1) is 12.3 Å². The van der Waals surface area contributed by atoms with Gasteiger partial charge < -0.3 is 20.1 Å². The van der Waals surface area contributed by atoms with Crippen molar-refractivity contribution in [3.8, 4) is 18.1 Å². The summed E-state index contributed by atoms with van der Waals surface area (Å²) in [6.07, 6.45) is 7.71. The van der Waals surface area contributed by atoms with Gasteiger partial charge in [-0.15, -0.1) is 6.42 Å². The Balaban J connectivity index is 1.58. The lowest BCUT2D eigenvalue weighted by Crippen LogP contribution is -2.37. The number of halogens is 1. The molecule has 3 aromatic rings. The summed E-state index contributed by atoms with van der Waals surface area (Å²) >= 11 is 0. The number of ether oxygens (including phenoxy) is 2. The number of nitrogens with zero attached hydrogens (tertiary/aromatic N) is 3. The van der Waals surface area contributed by atoms with Gasteiger partial charge in [-0.2, -0.15) is 0 Å². The van der Waals surface area contributed by atoms with Crippen molar-refractivity contribution in [2.24, 2.45) is 0 Å². The number of nitrogens with one attached hydrogen (secondary N) is 2. The van der Waals surface area contributed by atoms with E-state index in [1.54, 1.807) is 12.1 Å². The fourth-order valence-electron chi connectivity index (χ4n) is 3.71. The molecule has 1 fully saturated rings. The molecule has 0 unspecified atom stereocenters. The Hall–Kier alpha value is -4.00. The molecule has 2 aromatic carbocycles. The fraction of sp³-hybridized carbons (Fsp3) is 0.269. The summed E-state index contributed by atoms with van der Waals surface area (Å²) in [7, 11) is 0. The molecule has 1 aliphatic rings. The van der Waals surface area contributed by atoms with Gasteiger partial charge in [0.15, 0.2) is 5.83 Å². The van der Waals surface area contributed by atoms with Gasteiger partial charge in [-0.1, -0.05) is 18.6 Å². The topological polar surface area (TPSA) is 88.6 Å². The van der Waals surface area contributed by atoms with E-state index in [1.807, 2.05) is 24.3 Å². The third kappa shape index (κ3) is 6.32. The molecule has 0 saturated carbocycles. The first-order valence-corrected chi connectivity index (χ1v) is 11.2. The van der Waals surface area contributed by atoms with Crippen molar-refractivity contribution < 1.29 is 18.7 Å². The van der Waals surface area contributed by atoms with E-state index in [9.17, 15) is 9.18 Å². The lowest BCUT2D eigenvalue weighted by atomic mass is 10.1. The number of carbonyl (C=O) groups is 1. The SMILES string of the molecule is C#Cc1cccc(Nc2ncnc3cc(OCCCN4CCOCC4)c(NC(=O)C(=C)F)cc23)c1. The van der Waals surface area contributed by atoms with Gasteiger partial charge >= 0.3 is 0 Å². The van der Waals surface area contributed by atoms with Gasteiger partial charge in [-0.25, -0.2) is 14.4 Å². The van der Waals surface area contributed by atoms with Gasteiger partial charge in [0.1, 0.15) is 17.9 Å². The Labute approximate surface area is 203 Å². The number of aromatic nitrogens is 2. The van der Waals surface area contributed by atoms with Crippen molar-refractivity contribution in [3.05, 3.63) is 60.7 Å². The maximum atomic E-state index is 13.5. The fourth-order valence-corrected chi connectivity index (χ4v) is 3.71. The van der Waals surface area contributed by atoms with Crippen LogP contribution < -0.4 is 15.4 Å². The first-order chi connectivity index (χ1) is 17.0. The average molecular weight is 476 g/mol. The highest BCUT2D eigenvalue weighted by Gasteiger charge is 2.16. The molecule has 0 spiro atoms. The second-order valence-electron chi connectivity index (χ2n) is 7.95. The number of hydrogen-bond acceptors (Lipinski definition) is 7. The van der Waals surface area contributed by atoms with Crippen molar-refractivity contribution in [3.63, 3.8) is 0 Å². The second-order valence-corrected chi connectivity index (χ2v) is 7.95. The van der Waals surface area contributed by atoms with Crippen LogP contribution >= 0.6 is 0 Å². The number of hydrogen-bond donors (Lipinski definition) is 2. The van der Waals surface area contributed by atoms with Gasteiger partial charge in [-0.3, -0.25) is 9.69 Å². The lowest BCUT2D eigenvalue weighted by molar-refractivity contribution is -0.114. The van der Waals surface area contributed by atoms with Gasteiger partial charge in [0.25, 0.3) is 5.91 Å². The largest absolute Gasteiger partial charge is 0.491 e. The van der Waals surface area contributed by atoms with E-state index < -0.39 is 11.7 Å². The van der Waals surface area contributed by atoms with Crippen molar-refractivity contribution in [1.82, 2.24) is 14.9 Å². The van der Waals surface area contributed by atoms with E-state index in [0.717, 1.165) is 50.5 Å². The van der Waals surface area contributed by atoms with Crippen LogP contribution in [0.25, 0.3) is 10.9 Å². The molecule has 180 valence electrons. The monoisotopic (exact) mass is 475 g/mol. The molecule has 1 aliphatic heterocycles. The molecule has 0 radical (unpaired) electrons. The Kier molecular flexibility index (Phi) is 7.88. The number of fused-ring (bicyclic) bond motifs is 1. The van der Waals surface area contributed by atoms with E-state index in [1.165, 1.54) is 6.33 Å². The van der Waals surface area contributed by atoms with Crippen LogP contribution in [0.1, 0.15) is 12.0 Å². The standard InChI is InChI=1S/C26H26FN5O3/c1-3-19-6-4-7-20(14-19)30-25-21-15-23(31-26(33)18(2)27)24(16-22(21)28-17-29-25)35-11-5-8-32-9-12-34-13-10-32/h1,4,6-7,14-17H,2,5,8-13H2,(H,31,33)(H,28,29,30). The Bertz CT molecular complexity index is 1270. The zero-order chi connectivity index (χ0) is 24.6. The van der Waals surface area contributed by atoms with E-state index >= 15 is 0 Å². The van der Waals surface area contributed by atoms with Gasteiger partial charge in [0, 0.05) is 42.3 Å². The normalized spacial score (nSPS) is 13.7. The van der Waals surface area contributed by atoms with Gasteiger partial charge in [0.2, 0.25) is 0 Å². The summed E-state index contributed by atoms with van der Waals surface area (Å²) in [5.74, 6) is 1.43. The summed E-state index contributed by atoms with van der Waals surface area (Å²) in [6, 6.07) is 10.7. The van der Waals surface area contributed by atoms with Crippen LogP contribution in [0.3, 0.4) is 0 Å². The molecule has 1 saturated heterocycles. The summed E-state index contributed by atoms with van der Waals surface area (Å²) in [4.78, 5) is 23.0. The molecule has 0 atom stereocenters. The number of rotatable bonds is 9. The smallest absolute Gasteiger partial charge is 0.283 e. The zero-order valence-corrected chi connectivity index (χ0v) is 19.2. The van der Waals surface area contributed by atoms with Gasteiger partial charge in [0.05, 0.1) is 31.0 Å². The summed E-state index contributed by atoms with van der Waals surface area (Å²) < 4.78 is 24.8.